The lowest BCUT2D eigenvalue weighted by Gasteiger charge is -2.32. The van der Waals surface area contributed by atoms with E-state index in [2.05, 4.69) is 11.9 Å². The summed E-state index contributed by atoms with van der Waals surface area (Å²) >= 11 is 0. The molecule has 3 nitrogen and oxygen atoms in total. The highest BCUT2D eigenvalue weighted by molar-refractivity contribution is 6.08. The van der Waals surface area contributed by atoms with Crippen molar-refractivity contribution in [1.29, 1.82) is 0 Å². The molecule has 0 aromatic rings. The van der Waals surface area contributed by atoms with Crippen LogP contribution in [-0.2, 0) is 4.79 Å². The Bertz CT molecular complexity index is 473. The van der Waals surface area contributed by atoms with Crippen molar-refractivity contribution in [3.05, 3.63) is 11.8 Å². The minimum absolute atomic E-state index is 0.212. The molecule has 0 saturated carbocycles. The monoisotopic (exact) mass is 318 g/mol. The van der Waals surface area contributed by atoms with Crippen LogP contribution in [0.25, 0.3) is 0 Å². The largest absolute Gasteiger partial charge is 0.473 e. The number of nitrogens with zero attached hydrogens (tertiary/aromatic N) is 2. The highest BCUT2D eigenvalue weighted by Gasteiger charge is 2.41. The number of allylic oxidation sites excluding steroid dienone is 1. The van der Waals surface area contributed by atoms with Crippen molar-refractivity contribution >= 4 is 11.6 Å². The first-order valence-electron chi connectivity index (χ1n) is 7.63. The van der Waals surface area contributed by atoms with Crippen molar-refractivity contribution in [3.8, 4) is 0 Å². The van der Waals surface area contributed by atoms with Crippen molar-refractivity contribution in [1.82, 2.24) is 4.90 Å². The number of rotatable bonds is 4. The summed E-state index contributed by atoms with van der Waals surface area (Å²) < 4.78 is 37.4. The molecule has 0 aromatic carbocycles. The first-order chi connectivity index (χ1) is 9.98. The van der Waals surface area contributed by atoms with Crippen molar-refractivity contribution in [2.24, 2.45) is 10.4 Å². The van der Waals surface area contributed by atoms with Crippen LogP contribution in [0.5, 0.6) is 0 Å². The van der Waals surface area contributed by atoms with E-state index in [4.69, 9.17) is 0 Å². The Hall–Kier alpha value is -1.33. The lowest BCUT2D eigenvalue weighted by Crippen LogP contribution is -2.35. The van der Waals surface area contributed by atoms with Gasteiger partial charge in [0.05, 0.1) is 11.8 Å². The van der Waals surface area contributed by atoms with E-state index in [0.29, 0.717) is 6.42 Å². The molecule has 1 aliphatic heterocycles. The maximum absolute atomic E-state index is 12.5. The van der Waals surface area contributed by atoms with Crippen molar-refractivity contribution in [2.75, 3.05) is 7.05 Å². The predicted octanol–water partition coefficient (Wildman–Crippen LogP) is 4.34. The van der Waals surface area contributed by atoms with Crippen molar-refractivity contribution in [3.63, 3.8) is 0 Å². The fourth-order valence-electron chi connectivity index (χ4n) is 2.67. The zero-order valence-electron chi connectivity index (χ0n) is 13.9. The summed E-state index contributed by atoms with van der Waals surface area (Å²) in [4.78, 5) is 16.5. The van der Waals surface area contributed by atoms with Crippen LogP contribution >= 0.6 is 0 Å². The molecule has 22 heavy (non-hydrogen) atoms. The minimum atomic E-state index is -4.92. The molecular formula is C16H25F3N2O. The summed E-state index contributed by atoms with van der Waals surface area (Å²) in [5.41, 5.74) is 0.921. The van der Waals surface area contributed by atoms with Gasteiger partial charge < -0.3 is 4.90 Å². The normalized spacial score (nSPS) is 21.5. The number of carbonyl (C=O) groups excluding carboxylic acids is 1. The number of unbranched alkanes of at least 4 members (excludes halogenated alkanes) is 2. The van der Waals surface area contributed by atoms with E-state index in [0.717, 1.165) is 25.0 Å². The highest BCUT2D eigenvalue weighted by Crippen LogP contribution is 2.35. The number of carbonyl (C=O) groups is 1. The summed E-state index contributed by atoms with van der Waals surface area (Å²) in [5, 5.41) is 0. The lowest BCUT2D eigenvalue weighted by molar-refractivity contribution is -0.169. The molecule has 0 aromatic heterocycles. The highest BCUT2D eigenvalue weighted by atomic mass is 19.4. The minimum Gasteiger partial charge on any atom is -0.369 e. The summed E-state index contributed by atoms with van der Waals surface area (Å²) in [5.74, 6) is -2.03. The summed E-state index contributed by atoms with van der Waals surface area (Å²) in [6, 6.07) is -0.257. The quantitative estimate of drug-likeness (QED) is 0.722. The van der Waals surface area contributed by atoms with Crippen LogP contribution < -0.4 is 0 Å². The molecule has 1 unspecified atom stereocenters. The molecule has 0 N–H and O–H groups in total. The summed E-state index contributed by atoms with van der Waals surface area (Å²) in [6.45, 7) is 8.05. The van der Waals surface area contributed by atoms with Crippen LogP contribution in [0.1, 0.15) is 53.4 Å². The van der Waals surface area contributed by atoms with Gasteiger partial charge >= 0.3 is 12.1 Å². The molecule has 6 heteroatoms. The maximum Gasteiger partial charge on any atom is 0.473 e. The van der Waals surface area contributed by atoms with Gasteiger partial charge in [0.15, 0.2) is 0 Å². The second-order valence-corrected chi connectivity index (χ2v) is 6.74. The van der Waals surface area contributed by atoms with Crippen LogP contribution in [-0.4, -0.2) is 35.8 Å². The molecule has 1 aliphatic rings. The van der Waals surface area contributed by atoms with Gasteiger partial charge in [0.25, 0.3) is 0 Å². The molecule has 0 radical (unpaired) electrons. The molecule has 0 saturated heterocycles. The molecule has 0 bridgehead atoms. The Balaban J connectivity index is 3.08. The number of aliphatic imine (C=N–C) groups is 1. The van der Waals surface area contributed by atoms with Crippen LogP contribution in [0.2, 0.25) is 0 Å². The van der Waals surface area contributed by atoms with Crippen LogP contribution in [0, 0.1) is 5.41 Å². The Morgan fingerprint density at radius 2 is 1.86 bits per heavy atom. The Labute approximate surface area is 130 Å². The first kappa shape index (κ1) is 18.7. The van der Waals surface area contributed by atoms with E-state index in [-0.39, 0.29) is 17.2 Å². The average molecular weight is 318 g/mol. The molecule has 1 rings (SSSR count). The standard InChI is InChI=1S/C16H25F3N2O/c1-6-7-8-9-12-11(20-14(22)16(17,18)19)10-13(21(12)5)15(2,3)4/h10,12H,6-9H2,1-5H3. The van der Waals surface area contributed by atoms with Crippen LogP contribution in [0.3, 0.4) is 0 Å². The molecule has 1 amide bonds. The third-order valence-corrected chi connectivity index (χ3v) is 3.80. The zero-order chi connectivity index (χ0) is 17.1. The van der Waals surface area contributed by atoms with Gasteiger partial charge in [-0.05, 0) is 12.5 Å². The second kappa shape index (κ2) is 6.84. The van der Waals surface area contributed by atoms with Gasteiger partial charge in [-0.1, -0.05) is 47.0 Å². The van der Waals surface area contributed by atoms with E-state index in [1.54, 1.807) is 6.08 Å². The number of halogens is 3. The molecule has 126 valence electrons. The smallest absolute Gasteiger partial charge is 0.369 e. The number of hydrogen-bond donors (Lipinski definition) is 0. The third kappa shape index (κ3) is 4.58. The Morgan fingerprint density at radius 3 is 2.32 bits per heavy atom. The number of amides is 1. The zero-order valence-corrected chi connectivity index (χ0v) is 13.9. The van der Waals surface area contributed by atoms with Gasteiger partial charge in [-0.2, -0.15) is 13.2 Å². The summed E-state index contributed by atoms with van der Waals surface area (Å²) in [6.07, 6.45) is 0.359. The predicted molar refractivity (Wildman–Crippen MR) is 81.7 cm³/mol. The molecule has 0 spiro atoms. The van der Waals surface area contributed by atoms with E-state index < -0.39 is 12.1 Å². The Morgan fingerprint density at radius 1 is 1.27 bits per heavy atom. The van der Waals surface area contributed by atoms with Gasteiger partial charge in [-0.3, -0.25) is 4.79 Å². The second-order valence-electron chi connectivity index (χ2n) is 6.74. The van der Waals surface area contributed by atoms with E-state index in [1.165, 1.54) is 0 Å². The molecule has 0 aliphatic carbocycles. The van der Waals surface area contributed by atoms with E-state index in [1.807, 2.05) is 32.7 Å². The van der Waals surface area contributed by atoms with E-state index >= 15 is 0 Å². The average Bonchev–Trinajstić information content (AvgIpc) is 2.66. The fourth-order valence-corrected chi connectivity index (χ4v) is 2.67. The van der Waals surface area contributed by atoms with Gasteiger partial charge in [0, 0.05) is 18.2 Å². The summed E-state index contributed by atoms with van der Waals surface area (Å²) in [7, 11) is 1.86. The topological polar surface area (TPSA) is 32.7 Å². The van der Waals surface area contributed by atoms with Crippen LogP contribution in [0.15, 0.2) is 16.8 Å². The number of hydrogen-bond acceptors (Lipinski definition) is 2. The SMILES string of the molecule is CCCCCC1C(=NC(=O)C(F)(F)F)C=C(C(C)(C)C)N1C. The van der Waals surface area contributed by atoms with Gasteiger partial charge in [-0.25, -0.2) is 4.99 Å². The van der Waals surface area contributed by atoms with Crippen molar-refractivity contribution < 1.29 is 18.0 Å². The third-order valence-electron chi connectivity index (χ3n) is 3.80. The van der Waals surface area contributed by atoms with Gasteiger partial charge in [0.1, 0.15) is 0 Å². The van der Waals surface area contributed by atoms with Crippen molar-refractivity contribution in [2.45, 2.75) is 65.6 Å². The first-order valence-corrected chi connectivity index (χ1v) is 7.63. The van der Waals surface area contributed by atoms with Gasteiger partial charge in [0.2, 0.25) is 0 Å². The van der Waals surface area contributed by atoms with E-state index in [9.17, 15) is 18.0 Å². The lowest BCUT2D eigenvalue weighted by atomic mass is 9.92. The number of alkyl halides is 3. The molecule has 0 fully saturated rings. The van der Waals surface area contributed by atoms with Gasteiger partial charge in [-0.15, -0.1) is 0 Å². The molecular weight excluding hydrogens is 293 g/mol. The fraction of sp³-hybridized carbons (Fsp3) is 0.750. The Kier molecular flexibility index (Phi) is 5.82. The van der Waals surface area contributed by atoms with Crippen LogP contribution in [0.4, 0.5) is 13.2 Å². The molecule has 1 heterocycles. The maximum atomic E-state index is 12.5. The molecule has 1 atom stereocenters.